The highest BCUT2D eigenvalue weighted by Crippen LogP contribution is 2.25. The average molecular weight is 807 g/mol. The molecule has 0 rings (SSSR count). The van der Waals surface area contributed by atoms with Crippen LogP contribution < -0.4 is 0 Å². The zero-order valence-corrected chi connectivity index (χ0v) is 39.0. The van der Waals surface area contributed by atoms with E-state index in [9.17, 15) is 14.4 Å². The third-order valence-corrected chi connectivity index (χ3v) is 12.1. The van der Waals surface area contributed by atoms with Gasteiger partial charge < -0.3 is 14.2 Å². The molecular formula is C51H98O6. The number of carbonyl (C=O) groups excluding carboxylic acids is 3. The zero-order valence-electron chi connectivity index (χ0n) is 39.0. The van der Waals surface area contributed by atoms with Crippen molar-refractivity contribution in [2.75, 3.05) is 19.8 Å². The summed E-state index contributed by atoms with van der Waals surface area (Å²) in [5, 5.41) is 0. The fourth-order valence-electron chi connectivity index (χ4n) is 8.30. The van der Waals surface area contributed by atoms with Crippen LogP contribution in [0.15, 0.2) is 0 Å². The minimum atomic E-state index is -0.0781. The number of unbranched alkanes of at least 4 members (excludes halogenated alkanes) is 22. The number of ether oxygens (including phenoxy) is 3. The zero-order chi connectivity index (χ0) is 41.9. The molecule has 6 nitrogen and oxygen atoms in total. The molecule has 6 heteroatoms. The predicted molar refractivity (Wildman–Crippen MR) is 243 cm³/mol. The normalized spacial score (nSPS) is 13.0. The quantitative estimate of drug-likeness (QED) is 0.0346. The maximum Gasteiger partial charge on any atom is 0.308 e. The van der Waals surface area contributed by atoms with Gasteiger partial charge in [0.15, 0.2) is 0 Å². The first-order valence-corrected chi connectivity index (χ1v) is 25.4. The number of carbonyl (C=O) groups is 3. The molecule has 0 heterocycles. The van der Waals surface area contributed by atoms with Gasteiger partial charge in [-0.25, -0.2) is 0 Å². The van der Waals surface area contributed by atoms with Crippen molar-refractivity contribution in [2.45, 2.75) is 272 Å². The Balaban J connectivity index is 4.57. The summed E-state index contributed by atoms with van der Waals surface area (Å²) in [6, 6.07) is 0. The molecule has 0 aliphatic heterocycles. The molecule has 0 amide bonds. The summed E-state index contributed by atoms with van der Waals surface area (Å²) in [5.41, 5.74) is 0. The topological polar surface area (TPSA) is 78.9 Å². The maximum absolute atomic E-state index is 13.0. The molecule has 0 bridgehead atoms. The summed E-state index contributed by atoms with van der Waals surface area (Å²) in [7, 11) is 0. The van der Waals surface area contributed by atoms with Crippen LogP contribution in [0.25, 0.3) is 0 Å². The molecular weight excluding hydrogens is 709 g/mol. The third-order valence-electron chi connectivity index (χ3n) is 12.1. The van der Waals surface area contributed by atoms with Gasteiger partial charge in [-0.2, -0.15) is 0 Å². The Bertz CT molecular complexity index is 816. The van der Waals surface area contributed by atoms with Gasteiger partial charge in [0, 0.05) is 6.42 Å². The van der Waals surface area contributed by atoms with Crippen molar-refractivity contribution in [2.24, 2.45) is 17.8 Å². The van der Waals surface area contributed by atoms with Gasteiger partial charge >= 0.3 is 17.9 Å². The highest BCUT2D eigenvalue weighted by Gasteiger charge is 2.20. The minimum Gasteiger partial charge on any atom is -0.466 e. The van der Waals surface area contributed by atoms with Crippen LogP contribution >= 0.6 is 0 Å². The van der Waals surface area contributed by atoms with Crippen molar-refractivity contribution < 1.29 is 28.6 Å². The molecule has 0 radical (unpaired) electrons. The van der Waals surface area contributed by atoms with E-state index in [4.69, 9.17) is 14.2 Å². The van der Waals surface area contributed by atoms with E-state index in [1.165, 1.54) is 128 Å². The second-order valence-corrected chi connectivity index (χ2v) is 17.5. The summed E-state index contributed by atoms with van der Waals surface area (Å²) in [6.45, 7) is 12.4. The van der Waals surface area contributed by atoms with Gasteiger partial charge in [0.25, 0.3) is 0 Å². The molecule has 0 spiro atoms. The first-order valence-electron chi connectivity index (χ1n) is 25.4. The van der Waals surface area contributed by atoms with Crippen molar-refractivity contribution in [1.82, 2.24) is 0 Å². The van der Waals surface area contributed by atoms with Crippen molar-refractivity contribution in [3.05, 3.63) is 0 Å². The summed E-state index contributed by atoms with van der Waals surface area (Å²) in [6.07, 6.45) is 42.4. The van der Waals surface area contributed by atoms with Crippen molar-refractivity contribution in [3.8, 4) is 0 Å². The van der Waals surface area contributed by atoms with E-state index in [1.54, 1.807) is 0 Å². The molecule has 0 fully saturated rings. The lowest BCUT2D eigenvalue weighted by Gasteiger charge is -2.18. The Morgan fingerprint density at radius 2 is 0.632 bits per heavy atom. The lowest BCUT2D eigenvalue weighted by Crippen LogP contribution is -2.18. The molecule has 0 aromatic rings. The van der Waals surface area contributed by atoms with Crippen LogP contribution in [0.1, 0.15) is 272 Å². The molecule has 338 valence electrons. The molecule has 0 saturated heterocycles. The average Bonchev–Trinajstić information content (AvgIpc) is 3.20. The Kier molecular flexibility index (Phi) is 42.7. The summed E-state index contributed by atoms with van der Waals surface area (Å²) in [5.74, 6) is 0.800. The van der Waals surface area contributed by atoms with E-state index in [-0.39, 0.29) is 29.7 Å². The Morgan fingerprint density at radius 1 is 0.333 bits per heavy atom. The summed E-state index contributed by atoms with van der Waals surface area (Å²) in [4.78, 5) is 38.0. The number of esters is 3. The Hall–Kier alpha value is -1.59. The van der Waals surface area contributed by atoms with Gasteiger partial charge in [0.2, 0.25) is 0 Å². The van der Waals surface area contributed by atoms with Crippen molar-refractivity contribution in [3.63, 3.8) is 0 Å². The smallest absolute Gasteiger partial charge is 0.308 e. The van der Waals surface area contributed by atoms with E-state index in [1.807, 2.05) is 6.92 Å². The molecule has 2 atom stereocenters. The van der Waals surface area contributed by atoms with E-state index in [2.05, 4.69) is 27.7 Å². The molecule has 57 heavy (non-hydrogen) atoms. The van der Waals surface area contributed by atoms with Crippen LogP contribution in [-0.2, 0) is 28.6 Å². The van der Waals surface area contributed by atoms with E-state index < -0.39 is 0 Å². The fraction of sp³-hybridized carbons (Fsp3) is 0.941. The first-order chi connectivity index (χ1) is 27.9. The van der Waals surface area contributed by atoms with E-state index >= 15 is 0 Å². The van der Waals surface area contributed by atoms with Crippen LogP contribution in [0.3, 0.4) is 0 Å². The van der Waals surface area contributed by atoms with E-state index in [0.717, 1.165) is 103 Å². The monoisotopic (exact) mass is 807 g/mol. The first kappa shape index (κ1) is 55.4. The van der Waals surface area contributed by atoms with Crippen molar-refractivity contribution in [1.29, 1.82) is 0 Å². The Morgan fingerprint density at radius 3 is 1.00 bits per heavy atom. The van der Waals surface area contributed by atoms with Crippen molar-refractivity contribution >= 4 is 17.9 Å². The van der Waals surface area contributed by atoms with Crippen LogP contribution in [-0.4, -0.2) is 37.7 Å². The SMILES string of the molecule is CCCCCCCCC(CCCCCC)C(=O)OCCCCCCC(CCCCCCOC(=O)C(CCCCCC)CCCCCCCC)CCCC(=O)OCC. The van der Waals surface area contributed by atoms with E-state index in [0.29, 0.717) is 32.2 Å². The molecule has 0 aromatic carbocycles. The van der Waals surface area contributed by atoms with Gasteiger partial charge in [0.05, 0.1) is 31.7 Å². The van der Waals surface area contributed by atoms with Gasteiger partial charge in [-0.3, -0.25) is 14.4 Å². The van der Waals surface area contributed by atoms with Gasteiger partial charge in [-0.1, -0.05) is 207 Å². The predicted octanol–water partition coefficient (Wildman–Crippen LogP) is 16.0. The van der Waals surface area contributed by atoms with Gasteiger partial charge in [-0.05, 0) is 64.2 Å². The molecule has 0 aliphatic rings. The minimum absolute atomic E-state index is 0.0466. The number of rotatable bonds is 45. The lowest BCUT2D eigenvalue weighted by atomic mass is 9.90. The molecule has 0 N–H and O–H groups in total. The highest BCUT2D eigenvalue weighted by atomic mass is 16.5. The van der Waals surface area contributed by atoms with Crippen LogP contribution in [0.5, 0.6) is 0 Å². The second kappa shape index (κ2) is 44.0. The van der Waals surface area contributed by atoms with Crippen LogP contribution in [0, 0.1) is 17.8 Å². The summed E-state index contributed by atoms with van der Waals surface area (Å²) < 4.78 is 16.9. The second-order valence-electron chi connectivity index (χ2n) is 17.5. The Labute approximate surface area is 355 Å². The highest BCUT2D eigenvalue weighted by molar-refractivity contribution is 5.72. The van der Waals surface area contributed by atoms with Crippen LogP contribution in [0.2, 0.25) is 0 Å². The third kappa shape index (κ3) is 37.2. The van der Waals surface area contributed by atoms with Gasteiger partial charge in [0.1, 0.15) is 0 Å². The standard InChI is InChI=1S/C51H98O6/c1-6-11-15-19-21-31-41-47(39-29-17-13-8-3)50(53)56-44-33-25-23-27-36-46(38-35-43-49(52)55-10-5)37-28-24-26-34-45-57-51(54)48(40-30-18-14-9-4)42-32-22-20-16-12-7-2/h46-48H,6-45H2,1-5H3. The number of hydrogen-bond donors (Lipinski definition) is 0. The molecule has 2 unspecified atom stereocenters. The lowest BCUT2D eigenvalue weighted by molar-refractivity contribution is -0.150. The fourth-order valence-corrected chi connectivity index (χ4v) is 8.30. The molecule has 0 aliphatic carbocycles. The molecule has 0 aromatic heterocycles. The van der Waals surface area contributed by atoms with Crippen LogP contribution in [0.4, 0.5) is 0 Å². The largest absolute Gasteiger partial charge is 0.466 e. The number of hydrogen-bond acceptors (Lipinski definition) is 6. The summed E-state index contributed by atoms with van der Waals surface area (Å²) >= 11 is 0. The van der Waals surface area contributed by atoms with Gasteiger partial charge in [-0.15, -0.1) is 0 Å². The molecule has 0 saturated carbocycles. The maximum atomic E-state index is 13.0.